The van der Waals surface area contributed by atoms with Crippen molar-refractivity contribution in [2.24, 2.45) is 0 Å². The Labute approximate surface area is 150 Å². The lowest BCUT2D eigenvalue weighted by Crippen LogP contribution is -2.39. The van der Waals surface area contributed by atoms with E-state index in [9.17, 15) is 4.79 Å². The van der Waals surface area contributed by atoms with Gasteiger partial charge in [0.15, 0.2) is 0 Å². The molecular weight excluding hydrogens is 334 g/mol. The lowest BCUT2D eigenvalue weighted by Gasteiger charge is -2.31. The summed E-state index contributed by atoms with van der Waals surface area (Å²) in [5.41, 5.74) is 1.84. The summed E-state index contributed by atoms with van der Waals surface area (Å²) >= 11 is 1.58. The molecule has 1 aliphatic heterocycles. The van der Waals surface area contributed by atoms with Gasteiger partial charge in [0.1, 0.15) is 0 Å². The number of thiophene rings is 1. The number of piperidine rings is 1. The zero-order valence-electron chi connectivity index (χ0n) is 14.0. The van der Waals surface area contributed by atoms with Gasteiger partial charge in [0.2, 0.25) is 5.89 Å². The van der Waals surface area contributed by atoms with Gasteiger partial charge in [-0.25, -0.2) is 0 Å². The van der Waals surface area contributed by atoms with Gasteiger partial charge in [-0.1, -0.05) is 23.8 Å². The first-order valence-corrected chi connectivity index (χ1v) is 9.32. The van der Waals surface area contributed by atoms with Crippen LogP contribution in [0.3, 0.4) is 0 Å². The second-order valence-corrected chi connectivity index (χ2v) is 7.33. The Morgan fingerprint density at radius 2 is 2.20 bits per heavy atom. The van der Waals surface area contributed by atoms with Gasteiger partial charge in [-0.3, -0.25) is 4.79 Å². The van der Waals surface area contributed by atoms with Crippen molar-refractivity contribution in [2.45, 2.75) is 25.7 Å². The zero-order valence-corrected chi connectivity index (χ0v) is 14.8. The maximum atomic E-state index is 12.8. The number of likely N-dealkylation sites (tertiary alicyclic amines) is 1. The molecule has 4 rings (SSSR count). The predicted molar refractivity (Wildman–Crippen MR) is 96.7 cm³/mol. The van der Waals surface area contributed by atoms with Crippen LogP contribution in [-0.2, 0) is 0 Å². The minimum absolute atomic E-state index is 0.0754. The molecule has 1 saturated heterocycles. The van der Waals surface area contributed by atoms with E-state index in [0.29, 0.717) is 18.3 Å². The van der Waals surface area contributed by atoms with E-state index in [1.807, 2.05) is 53.6 Å². The highest BCUT2D eigenvalue weighted by atomic mass is 32.1. The molecule has 1 atom stereocenters. The van der Waals surface area contributed by atoms with Crippen molar-refractivity contribution in [1.29, 1.82) is 0 Å². The largest absolute Gasteiger partial charge is 0.420 e. The number of amides is 1. The van der Waals surface area contributed by atoms with Crippen LogP contribution in [0.2, 0.25) is 0 Å². The molecule has 2 aromatic heterocycles. The quantitative estimate of drug-likeness (QED) is 0.710. The van der Waals surface area contributed by atoms with Crippen LogP contribution < -0.4 is 0 Å². The van der Waals surface area contributed by atoms with Crippen molar-refractivity contribution in [3.05, 3.63) is 58.8 Å². The third-order valence-electron chi connectivity index (χ3n) is 4.50. The first-order valence-electron chi connectivity index (χ1n) is 8.44. The molecule has 3 aromatic rings. The van der Waals surface area contributed by atoms with Gasteiger partial charge >= 0.3 is 0 Å². The van der Waals surface area contributed by atoms with Crippen LogP contribution in [0.5, 0.6) is 0 Å². The predicted octanol–water partition coefficient (Wildman–Crippen LogP) is 4.13. The van der Waals surface area contributed by atoms with Crippen molar-refractivity contribution in [3.8, 4) is 10.8 Å². The van der Waals surface area contributed by atoms with E-state index in [1.165, 1.54) is 0 Å². The Kier molecular flexibility index (Phi) is 4.36. The summed E-state index contributed by atoms with van der Waals surface area (Å²) in [5.74, 6) is 1.37. The van der Waals surface area contributed by atoms with Crippen molar-refractivity contribution in [3.63, 3.8) is 0 Å². The standard InChI is InChI=1S/C19H19N3O2S/c1-13-5-2-6-14(11-13)19(23)22-9-3-7-15(12-22)17-20-21-18(24-17)16-8-4-10-25-16/h2,4-6,8,10-11,15H,3,7,9,12H2,1H3/t15-/m0/s1. The lowest BCUT2D eigenvalue weighted by atomic mass is 9.97. The van der Waals surface area contributed by atoms with Gasteiger partial charge in [0.25, 0.3) is 11.8 Å². The highest BCUT2D eigenvalue weighted by Crippen LogP contribution is 2.30. The minimum Gasteiger partial charge on any atom is -0.420 e. The number of carbonyl (C=O) groups is 1. The lowest BCUT2D eigenvalue weighted by molar-refractivity contribution is 0.0698. The number of carbonyl (C=O) groups excluding carboxylic acids is 1. The third kappa shape index (κ3) is 3.35. The second kappa shape index (κ2) is 6.80. The average molecular weight is 353 g/mol. The SMILES string of the molecule is Cc1cccc(C(=O)N2CCC[C@H](c3nnc(-c4cccs4)o3)C2)c1. The van der Waals surface area contributed by atoms with E-state index >= 15 is 0 Å². The molecule has 0 spiro atoms. The van der Waals surface area contributed by atoms with E-state index in [0.717, 1.165) is 35.4 Å². The van der Waals surface area contributed by atoms with Crippen molar-refractivity contribution >= 4 is 17.2 Å². The Balaban J connectivity index is 1.50. The first-order chi connectivity index (χ1) is 12.2. The van der Waals surface area contributed by atoms with E-state index in [4.69, 9.17) is 4.42 Å². The Bertz CT molecular complexity index is 872. The van der Waals surface area contributed by atoms with E-state index in [1.54, 1.807) is 11.3 Å². The molecule has 0 aliphatic carbocycles. The average Bonchev–Trinajstić information content (AvgIpc) is 3.32. The number of aromatic nitrogens is 2. The van der Waals surface area contributed by atoms with Crippen LogP contribution in [0.1, 0.15) is 40.6 Å². The molecule has 0 N–H and O–H groups in total. The molecule has 0 bridgehead atoms. The monoisotopic (exact) mass is 353 g/mol. The fourth-order valence-corrected chi connectivity index (χ4v) is 3.87. The molecule has 128 valence electrons. The highest BCUT2D eigenvalue weighted by Gasteiger charge is 2.29. The molecule has 0 saturated carbocycles. The maximum absolute atomic E-state index is 12.8. The minimum atomic E-state index is 0.0754. The molecule has 0 radical (unpaired) electrons. The van der Waals surface area contributed by atoms with Crippen LogP contribution in [0.15, 0.2) is 46.2 Å². The summed E-state index contributed by atoms with van der Waals surface area (Å²) in [4.78, 5) is 15.7. The number of nitrogens with zero attached hydrogens (tertiary/aromatic N) is 3. The first kappa shape index (κ1) is 16.0. The molecule has 5 nitrogen and oxygen atoms in total. The van der Waals surface area contributed by atoms with Gasteiger partial charge in [0.05, 0.1) is 10.8 Å². The third-order valence-corrected chi connectivity index (χ3v) is 5.35. The van der Waals surface area contributed by atoms with E-state index in [2.05, 4.69) is 10.2 Å². The summed E-state index contributed by atoms with van der Waals surface area (Å²) in [6.45, 7) is 3.40. The molecule has 1 aliphatic rings. The fraction of sp³-hybridized carbons (Fsp3) is 0.316. The van der Waals surface area contributed by atoms with Crippen LogP contribution in [0.4, 0.5) is 0 Å². The number of benzene rings is 1. The zero-order chi connectivity index (χ0) is 17.2. The number of aryl methyl sites for hydroxylation is 1. The molecule has 0 unspecified atom stereocenters. The molecule has 6 heteroatoms. The fourth-order valence-electron chi connectivity index (χ4n) is 3.22. The summed E-state index contributed by atoms with van der Waals surface area (Å²) in [7, 11) is 0. The van der Waals surface area contributed by atoms with Crippen molar-refractivity contribution in [2.75, 3.05) is 13.1 Å². The number of hydrogen-bond acceptors (Lipinski definition) is 5. The molecule has 25 heavy (non-hydrogen) atoms. The molecular formula is C19H19N3O2S. The second-order valence-electron chi connectivity index (χ2n) is 6.38. The van der Waals surface area contributed by atoms with Crippen molar-refractivity contribution < 1.29 is 9.21 Å². The van der Waals surface area contributed by atoms with Crippen LogP contribution in [-0.4, -0.2) is 34.1 Å². The van der Waals surface area contributed by atoms with Crippen LogP contribution >= 0.6 is 11.3 Å². The van der Waals surface area contributed by atoms with Gasteiger partial charge in [-0.05, 0) is 43.3 Å². The maximum Gasteiger partial charge on any atom is 0.257 e. The van der Waals surface area contributed by atoms with Crippen molar-refractivity contribution in [1.82, 2.24) is 15.1 Å². The number of hydrogen-bond donors (Lipinski definition) is 0. The number of rotatable bonds is 3. The van der Waals surface area contributed by atoms with Gasteiger partial charge in [-0.15, -0.1) is 21.5 Å². The Hall–Kier alpha value is -2.47. The summed E-state index contributed by atoms with van der Waals surface area (Å²) in [6, 6.07) is 11.7. The summed E-state index contributed by atoms with van der Waals surface area (Å²) < 4.78 is 5.87. The molecule has 1 amide bonds. The van der Waals surface area contributed by atoms with Gasteiger partial charge in [-0.2, -0.15) is 0 Å². The highest BCUT2D eigenvalue weighted by molar-refractivity contribution is 7.13. The van der Waals surface area contributed by atoms with Crippen LogP contribution in [0.25, 0.3) is 10.8 Å². The molecule has 1 aromatic carbocycles. The Morgan fingerprint density at radius 3 is 3.00 bits per heavy atom. The van der Waals surface area contributed by atoms with E-state index < -0.39 is 0 Å². The van der Waals surface area contributed by atoms with Gasteiger partial charge < -0.3 is 9.32 Å². The smallest absolute Gasteiger partial charge is 0.257 e. The van der Waals surface area contributed by atoms with Crippen LogP contribution in [0, 0.1) is 6.92 Å². The van der Waals surface area contributed by atoms with Gasteiger partial charge in [0, 0.05) is 18.7 Å². The normalized spacial score (nSPS) is 17.6. The summed E-state index contributed by atoms with van der Waals surface area (Å²) in [6.07, 6.45) is 1.91. The molecule has 1 fully saturated rings. The molecule has 3 heterocycles. The summed E-state index contributed by atoms with van der Waals surface area (Å²) in [5, 5.41) is 10.4. The topological polar surface area (TPSA) is 59.2 Å². The Morgan fingerprint density at radius 1 is 1.28 bits per heavy atom. The van der Waals surface area contributed by atoms with E-state index in [-0.39, 0.29) is 11.8 Å².